The van der Waals surface area contributed by atoms with Crippen molar-refractivity contribution in [3.63, 3.8) is 0 Å². The molecule has 2 saturated carbocycles. The summed E-state index contributed by atoms with van der Waals surface area (Å²) in [6.45, 7) is 8.50. The van der Waals surface area contributed by atoms with Crippen LogP contribution in [0.25, 0.3) is 0 Å². The third kappa shape index (κ3) is 2.86. The molecule has 3 aliphatic rings. The van der Waals surface area contributed by atoms with Crippen LogP contribution in [0.3, 0.4) is 0 Å². The molecule has 1 heterocycles. The lowest BCUT2D eigenvalue weighted by molar-refractivity contribution is -0.151. The average molecular weight is 350 g/mol. The SMILES string of the molecule is C=C1CC[C@@H]2C(C)(CO)C(O)CC[C@@]2(C)C1CC=C1C(=O)OCC1O. The number of esters is 1. The second-order valence-corrected chi connectivity index (χ2v) is 8.54. The Kier molecular flexibility index (Phi) is 4.86. The molecule has 2 aliphatic carbocycles. The van der Waals surface area contributed by atoms with Crippen LogP contribution in [0.15, 0.2) is 23.8 Å². The lowest BCUT2D eigenvalue weighted by atomic mass is 9.46. The molecular formula is C20H30O5. The zero-order valence-electron chi connectivity index (χ0n) is 15.2. The highest BCUT2D eigenvalue weighted by molar-refractivity contribution is 5.91. The number of hydrogen-bond acceptors (Lipinski definition) is 5. The van der Waals surface area contributed by atoms with Gasteiger partial charge in [-0.3, -0.25) is 0 Å². The molecule has 0 aromatic carbocycles. The van der Waals surface area contributed by atoms with Crippen molar-refractivity contribution in [2.75, 3.05) is 13.2 Å². The molecule has 140 valence electrons. The summed E-state index contributed by atoms with van der Waals surface area (Å²) in [5.41, 5.74) is 0.911. The summed E-state index contributed by atoms with van der Waals surface area (Å²) in [6, 6.07) is 0. The number of fused-ring (bicyclic) bond motifs is 1. The van der Waals surface area contributed by atoms with E-state index < -0.39 is 23.6 Å². The molecule has 1 saturated heterocycles. The van der Waals surface area contributed by atoms with Gasteiger partial charge in [-0.25, -0.2) is 4.79 Å². The van der Waals surface area contributed by atoms with E-state index in [4.69, 9.17) is 4.74 Å². The Morgan fingerprint density at radius 2 is 2.04 bits per heavy atom. The highest BCUT2D eigenvalue weighted by Crippen LogP contribution is 2.61. The second kappa shape index (κ2) is 6.53. The predicted molar refractivity (Wildman–Crippen MR) is 93.6 cm³/mol. The van der Waals surface area contributed by atoms with Crippen LogP contribution in [0.1, 0.15) is 46.0 Å². The van der Waals surface area contributed by atoms with Gasteiger partial charge in [0, 0.05) is 5.41 Å². The molecule has 5 nitrogen and oxygen atoms in total. The number of carbonyl (C=O) groups excluding carboxylic acids is 1. The molecule has 25 heavy (non-hydrogen) atoms. The van der Waals surface area contributed by atoms with Crippen molar-refractivity contribution in [1.82, 2.24) is 0 Å². The predicted octanol–water partition coefficient (Wildman–Crippen LogP) is 1.96. The van der Waals surface area contributed by atoms with E-state index >= 15 is 0 Å². The number of ether oxygens (including phenoxy) is 1. The number of cyclic esters (lactones) is 1. The van der Waals surface area contributed by atoms with Crippen LogP contribution in [0.5, 0.6) is 0 Å². The molecule has 0 amide bonds. The zero-order valence-corrected chi connectivity index (χ0v) is 15.2. The molecule has 0 aromatic rings. The first-order valence-corrected chi connectivity index (χ1v) is 9.26. The molecule has 0 spiro atoms. The van der Waals surface area contributed by atoms with Crippen molar-refractivity contribution < 1.29 is 24.9 Å². The van der Waals surface area contributed by atoms with Gasteiger partial charge in [0.1, 0.15) is 12.7 Å². The summed E-state index contributed by atoms with van der Waals surface area (Å²) in [5.74, 6) is -0.0734. The molecule has 0 radical (unpaired) electrons. The van der Waals surface area contributed by atoms with Crippen molar-refractivity contribution in [3.8, 4) is 0 Å². The van der Waals surface area contributed by atoms with Crippen LogP contribution in [0.2, 0.25) is 0 Å². The fourth-order valence-electron chi connectivity index (χ4n) is 5.56. The van der Waals surface area contributed by atoms with Crippen LogP contribution in [-0.4, -0.2) is 46.7 Å². The van der Waals surface area contributed by atoms with Crippen LogP contribution >= 0.6 is 0 Å². The summed E-state index contributed by atoms with van der Waals surface area (Å²) in [6.07, 6.45) is 4.42. The van der Waals surface area contributed by atoms with Crippen LogP contribution in [0.4, 0.5) is 0 Å². The van der Waals surface area contributed by atoms with Crippen LogP contribution < -0.4 is 0 Å². The summed E-state index contributed by atoms with van der Waals surface area (Å²) < 4.78 is 4.90. The second-order valence-electron chi connectivity index (χ2n) is 8.54. The van der Waals surface area contributed by atoms with Gasteiger partial charge in [-0.2, -0.15) is 0 Å². The highest BCUT2D eigenvalue weighted by Gasteiger charge is 2.57. The Morgan fingerprint density at radius 1 is 1.32 bits per heavy atom. The molecule has 1 aliphatic heterocycles. The summed E-state index contributed by atoms with van der Waals surface area (Å²) >= 11 is 0. The molecule has 3 N–H and O–H groups in total. The Labute approximate surface area is 149 Å². The van der Waals surface area contributed by atoms with E-state index in [1.54, 1.807) is 0 Å². The summed E-state index contributed by atoms with van der Waals surface area (Å²) in [4.78, 5) is 11.8. The fourth-order valence-corrected chi connectivity index (χ4v) is 5.56. The normalized spacial score (nSPS) is 46.2. The third-order valence-electron chi connectivity index (χ3n) is 7.23. The van der Waals surface area contributed by atoms with E-state index in [1.165, 1.54) is 0 Å². The summed E-state index contributed by atoms with van der Waals surface area (Å²) in [7, 11) is 0. The molecule has 6 atom stereocenters. The van der Waals surface area contributed by atoms with Gasteiger partial charge in [-0.1, -0.05) is 32.1 Å². The minimum atomic E-state index is -0.844. The lowest BCUT2D eigenvalue weighted by Crippen LogP contribution is -2.57. The van der Waals surface area contributed by atoms with Crippen molar-refractivity contribution in [3.05, 3.63) is 23.8 Å². The third-order valence-corrected chi connectivity index (χ3v) is 7.23. The minimum absolute atomic E-state index is 0.0280. The van der Waals surface area contributed by atoms with Gasteiger partial charge >= 0.3 is 5.97 Å². The van der Waals surface area contributed by atoms with Gasteiger partial charge in [0.05, 0.1) is 18.3 Å². The first kappa shape index (κ1) is 18.6. The zero-order chi connectivity index (χ0) is 18.4. The van der Waals surface area contributed by atoms with E-state index in [2.05, 4.69) is 13.5 Å². The largest absolute Gasteiger partial charge is 0.459 e. The molecular weight excluding hydrogens is 320 g/mol. The maximum atomic E-state index is 11.8. The van der Waals surface area contributed by atoms with E-state index in [0.29, 0.717) is 18.4 Å². The molecule has 5 heteroatoms. The Morgan fingerprint density at radius 3 is 2.64 bits per heavy atom. The number of rotatable bonds is 3. The first-order chi connectivity index (χ1) is 11.7. The number of hydrogen-bond donors (Lipinski definition) is 3. The lowest BCUT2D eigenvalue weighted by Gasteiger charge is -2.59. The number of carbonyl (C=O) groups is 1. The maximum Gasteiger partial charge on any atom is 0.336 e. The minimum Gasteiger partial charge on any atom is -0.459 e. The molecule has 4 unspecified atom stereocenters. The summed E-state index contributed by atoms with van der Waals surface area (Å²) in [5, 5.41) is 30.4. The van der Waals surface area contributed by atoms with Crippen molar-refractivity contribution in [1.29, 1.82) is 0 Å². The van der Waals surface area contributed by atoms with Gasteiger partial charge in [0.25, 0.3) is 0 Å². The number of aliphatic hydroxyl groups excluding tert-OH is 3. The maximum absolute atomic E-state index is 11.8. The van der Waals surface area contributed by atoms with E-state index in [0.717, 1.165) is 24.8 Å². The molecule has 0 bridgehead atoms. The van der Waals surface area contributed by atoms with Crippen LogP contribution in [-0.2, 0) is 9.53 Å². The van der Waals surface area contributed by atoms with Gasteiger partial charge < -0.3 is 20.1 Å². The molecule has 3 fully saturated rings. The van der Waals surface area contributed by atoms with Gasteiger partial charge in [0.15, 0.2) is 0 Å². The van der Waals surface area contributed by atoms with E-state index in [-0.39, 0.29) is 30.5 Å². The Balaban J connectivity index is 1.89. The van der Waals surface area contributed by atoms with Gasteiger partial charge in [0.2, 0.25) is 0 Å². The monoisotopic (exact) mass is 350 g/mol. The van der Waals surface area contributed by atoms with Gasteiger partial charge in [-0.15, -0.1) is 0 Å². The quantitative estimate of drug-likeness (QED) is 0.411. The van der Waals surface area contributed by atoms with Crippen molar-refractivity contribution in [2.45, 2.75) is 58.2 Å². The fraction of sp³-hybridized carbons (Fsp3) is 0.750. The molecule has 0 aromatic heterocycles. The smallest absolute Gasteiger partial charge is 0.336 e. The average Bonchev–Trinajstić information content (AvgIpc) is 2.89. The standard InChI is InChI=1S/C20H30O5/c1-12-4-7-16-19(2,9-8-17(23)20(16,3)11-21)14(12)6-5-13-15(22)10-25-18(13)24/h5,14-17,21-23H,1,4,6-11H2,2-3H3/t14?,15?,16-,17?,19-,20?/m0/s1. The number of aliphatic hydroxyl groups is 3. The Hall–Kier alpha value is -1.17. The molecule has 3 rings (SSSR count). The van der Waals surface area contributed by atoms with Gasteiger partial charge in [-0.05, 0) is 49.4 Å². The first-order valence-electron chi connectivity index (χ1n) is 9.26. The Bertz CT molecular complexity index is 597. The van der Waals surface area contributed by atoms with E-state index in [9.17, 15) is 20.1 Å². The highest BCUT2D eigenvalue weighted by atomic mass is 16.6. The van der Waals surface area contributed by atoms with Crippen molar-refractivity contribution >= 4 is 5.97 Å². The van der Waals surface area contributed by atoms with Crippen LogP contribution in [0, 0.1) is 22.7 Å². The van der Waals surface area contributed by atoms with E-state index in [1.807, 2.05) is 13.0 Å². The van der Waals surface area contributed by atoms with Crippen molar-refractivity contribution in [2.24, 2.45) is 22.7 Å². The number of allylic oxidation sites excluding steroid dienone is 2. The topological polar surface area (TPSA) is 87.0 Å².